The van der Waals surface area contributed by atoms with Crippen LogP contribution >= 0.6 is 0 Å². The van der Waals surface area contributed by atoms with E-state index in [1.165, 1.54) is 16.2 Å². The summed E-state index contributed by atoms with van der Waals surface area (Å²) in [5.74, 6) is 0. The minimum Gasteiger partial charge on any atom is -0.238 e. The lowest BCUT2D eigenvalue weighted by molar-refractivity contribution is 0.592. The third-order valence-electron chi connectivity index (χ3n) is 14.2. The molecular weight excluding hydrogens is 801 g/mol. The van der Waals surface area contributed by atoms with Crippen LogP contribution in [0.15, 0.2) is 133 Å². The Balaban J connectivity index is 1.42. The van der Waals surface area contributed by atoms with E-state index in [4.69, 9.17) is 13.1 Å². The van der Waals surface area contributed by atoms with Crippen LogP contribution in [0.5, 0.6) is 0 Å². The van der Waals surface area contributed by atoms with Crippen molar-refractivity contribution in [2.24, 2.45) is 0 Å². The van der Waals surface area contributed by atoms with E-state index in [2.05, 4.69) is 173 Å². The maximum atomic E-state index is 11.2. The van der Waals surface area contributed by atoms with Gasteiger partial charge in [0.1, 0.15) is 0 Å². The van der Waals surface area contributed by atoms with Crippen LogP contribution in [0.2, 0.25) is 0 Å². The van der Waals surface area contributed by atoms with Crippen molar-refractivity contribution in [3.8, 4) is 34.4 Å². The first-order chi connectivity index (χ1) is 31.8. The Morgan fingerprint density at radius 3 is 1.24 bits per heavy atom. The number of hydrogen-bond donors (Lipinski definition) is 0. The van der Waals surface area contributed by atoms with Crippen LogP contribution in [0.3, 0.4) is 0 Å². The van der Waals surface area contributed by atoms with E-state index in [0.717, 1.165) is 103 Å². The summed E-state index contributed by atoms with van der Waals surface area (Å²) < 4.78 is 0. The van der Waals surface area contributed by atoms with E-state index in [1.807, 2.05) is 24.3 Å². The maximum absolute atomic E-state index is 11.2. The molecule has 308 valence electrons. The van der Waals surface area contributed by atoms with Crippen LogP contribution in [0, 0.1) is 35.8 Å². The standard InChI is InChI=1S/C62H40N4/c1-61(2,3)51-25-35(31-63)43(29-53(51)65-7)57-49-28-46-45(41-21-13-19-39-37-17-11-9-15-33(37)23-47(46)55(39)41)27-48(49)58(44-30-54(66-8)52(62(4,5)6)26-36(44)32-64)60-50-24-34-16-10-12-18-38(34)40-20-14-22-42(56(40)50)59(57)60/h9-30H,1-6H3. The average Bonchev–Trinajstić information content (AvgIpc) is 3.81. The third kappa shape index (κ3) is 5.22. The number of benzene rings is 10. The molecule has 12 aromatic rings. The molecule has 0 aromatic heterocycles. The highest BCUT2D eigenvalue weighted by Gasteiger charge is 2.30. The summed E-state index contributed by atoms with van der Waals surface area (Å²) in [5, 5.41) is 41.9. The lowest BCUT2D eigenvalue weighted by atomic mass is 9.79. The summed E-state index contributed by atoms with van der Waals surface area (Å²) in [6.45, 7) is 29.6. The van der Waals surface area contributed by atoms with Crippen LogP contribution in [-0.4, -0.2) is 0 Å². The fourth-order valence-electron chi connectivity index (χ4n) is 11.4. The molecule has 12 aromatic carbocycles. The summed E-state index contributed by atoms with van der Waals surface area (Å²) in [6.07, 6.45) is 0. The van der Waals surface area contributed by atoms with Crippen molar-refractivity contribution >= 4 is 108 Å². The van der Waals surface area contributed by atoms with Gasteiger partial charge in [0.2, 0.25) is 0 Å². The Morgan fingerprint density at radius 1 is 0.379 bits per heavy atom. The number of nitriles is 2. The average molecular weight is 841 g/mol. The zero-order valence-electron chi connectivity index (χ0n) is 37.5. The SMILES string of the molecule is [C-]#[N+]c1cc(-c2c3cc4c(cc3c(-c3cc([N+]#[C-])c(C(C)(C)C)cc3C#N)c3c5cc6ccccc6c6cccc(c23)c65)c2cccc3c5ccccc5cc4c32)c(C#N)cc1C(C)(C)C. The second-order valence-electron chi connectivity index (χ2n) is 20.0. The molecular formula is C62H40N4. The molecule has 4 heteroatoms. The third-order valence-corrected chi connectivity index (χ3v) is 14.2. The minimum atomic E-state index is -0.388. The smallest absolute Gasteiger partial charge is 0.191 e. The van der Waals surface area contributed by atoms with E-state index >= 15 is 0 Å². The largest absolute Gasteiger partial charge is 0.238 e. The molecule has 0 heterocycles. The Kier molecular flexibility index (Phi) is 7.99. The predicted molar refractivity (Wildman–Crippen MR) is 277 cm³/mol. The Hall–Kier alpha value is -8.54. The Labute approximate surface area is 382 Å². The summed E-state index contributed by atoms with van der Waals surface area (Å²) >= 11 is 0. The molecule has 0 aliphatic rings. The summed E-state index contributed by atoms with van der Waals surface area (Å²) in [7, 11) is 0. The van der Waals surface area contributed by atoms with Crippen LogP contribution in [0.4, 0.5) is 11.4 Å². The van der Waals surface area contributed by atoms with Gasteiger partial charge in [-0.15, -0.1) is 0 Å². The fraction of sp³-hybridized carbons (Fsp3) is 0.129. The minimum absolute atomic E-state index is 0.387. The summed E-state index contributed by atoms with van der Waals surface area (Å²) in [6, 6.07) is 52.3. The van der Waals surface area contributed by atoms with Crippen molar-refractivity contribution in [3.05, 3.63) is 179 Å². The molecule has 0 saturated carbocycles. The van der Waals surface area contributed by atoms with Crippen molar-refractivity contribution in [2.75, 3.05) is 0 Å². The highest BCUT2D eigenvalue weighted by atomic mass is 14.7. The van der Waals surface area contributed by atoms with Gasteiger partial charge >= 0.3 is 0 Å². The lowest BCUT2D eigenvalue weighted by Gasteiger charge is -2.24. The first-order valence-electron chi connectivity index (χ1n) is 22.4. The van der Waals surface area contributed by atoms with Gasteiger partial charge in [0.25, 0.3) is 0 Å². The molecule has 4 nitrogen and oxygen atoms in total. The van der Waals surface area contributed by atoms with Crippen molar-refractivity contribution in [1.29, 1.82) is 10.5 Å². The molecule has 0 N–H and O–H groups in total. The van der Waals surface area contributed by atoms with Gasteiger partial charge in [-0.2, -0.15) is 10.5 Å². The van der Waals surface area contributed by atoms with Crippen molar-refractivity contribution in [3.63, 3.8) is 0 Å². The van der Waals surface area contributed by atoms with Gasteiger partial charge in [-0.3, -0.25) is 0 Å². The second kappa shape index (κ2) is 13.5. The molecule has 66 heavy (non-hydrogen) atoms. The normalized spacial score (nSPS) is 12.3. The Bertz CT molecular complexity index is 4340. The maximum Gasteiger partial charge on any atom is 0.191 e. The van der Waals surface area contributed by atoms with Crippen molar-refractivity contribution in [2.45, 2.75) is 52.4 Å². The topological polar surface area (TPSA) is 56.3 Å². The first kappa shape index (κ1) is 39.1. The monoisotopic (exact) mass is 840 g/mol. The van der Waals surface area contributed by atoms with Gasteiger partial charge in [0, 0.05) is 0 Å². The van der Waals surface area contributed by atoms with Crippen LogP contribution in [0.1, 0.15) is 63.8 Å². The Morgan fingerprint density at radius 2 is 0.773 bits per heavy atom. The molecule has 0 spiro atoms. The summed E-state index contributed by atoms with van der Waals surface area (Å²) in [5.41, 5.74) is 6.05. The van der Waals surface area contributed by atoms with Gasteiger partial charge in [-0.05, 0) is 178 Å². The van der Waals surface area contributed by atoms with E-state index in [-0.39, 0.29) is 10.8 Å². The van der Waals surface area contributed by atoms with Crippen LogP contribution in [0.25, 0.3) is 129 Å². The van der Waals surface area contributed by atoms with E-state index < -0.39 is 0 Å². The van der Waals surface area contributed by atoms with E-state index in [1.54, 1.807) is 0 Å². The zero-order chi connectivity index (χ0) is 45.6. The fourth-order valence-corrected chi connectivity index (χ4v) is 11.4. The molecule has 0 aliphatic heterocycles. The predicted octanol–water partition coefficient (Wildman–Crippen LogP) is 17.7. The zero-order valence-corrected chi connectivity index (χ0v) is 37.5. The molecule has 0 radical (unpaired) electrons. The summed E-state index contributed by atoms with van der Waals surface area (Å²) in [4.78, 5) is 8.28. The highest BCUT2D eigenvalue weighted by Crippen LogP contribution is 2.56. The molecule has 0 fully saturated rings. The number of fused-ring (bicyclic) bond motifs is 11. The molecule has 0 atom stereocenters. The van der Waals surface area contributed by atoms with Gasteiger partial charge in [0.15, 0.2) is 11.4 Å². The highest BCUT2D eigenvalue weighted by molar-refractivity contribution is 6.44. The number of rotatable bonds is 2. The quantitative estimate of drug-likeness (QED) is 0.129. The molecule has 0 aliphatic carbocycles. The molecule has 12 rings (SSSR count). The number of hydrogen-bond acceptors (Lipinski definition) is 2. The molecule has 0 unspecified atom stereocenters. The molecule has 0 amide bonds. The van der Waals surface area contributed by atoms with Crippen molar-refractivity contribution < 1.29 is 0 Å². The van der Waals surface area contributed by atoms with Gasteiger partial charge in [-0.25, -0.2) is 9.69 Å². The van der Waals surface area contributed by atoms with Crippen LogP contribution in [-0.2, 0) is 10.8 Å². The molecule has 0 saturated heterocycles. The van der Waals surface area contributed by atoms with Gasteiger partial charge in [-0.1, -0.05) is 139 Å². The number of nitrogens with zero attached hydrogens (tertiary/aromatic N) is 4. The van der Waals surface area contributed by atoms with E-state index in [0.29, 0.717) is 33.6 Å². The van der Waals surface area contributed by atoms with Crippen molar-refractivity contribution in [1.82, 2.24) is 0 Å². The second-order valence-corrected chi connectivity index (χ2v) is 20.0. The first-order valence-corrected chi connectivity index (χ1v) is 22.4. The van der Waals surface area contributed by atoms with Gasteiger partial charge < -0.3 is 0 Å². The lowest BCUT2D eigenvalue weighted by Crippen LogP contribution is -2.12. The van der Waals surface area contributed by atoms with E-state index in [9.17, 15) is 10.5 Å². The van der Waals surface area contributed by atoms with Gasteiger partial charge in [0.05, 0.1) is 36.4 Å². The molecule has 0 bridgehead atoms. The van der Waals surface area contributed by atoms with Crippen LogP contribution < -0.4 is 0 Å².